The van der Waals surface area contributed by atoms with Crippen molar-refractivity contribution in [3.05, 3.63) is 29.3 Å². The number of urea groups is 1. The van der Waals surface area contributed by atoms with Crippen LogP contribution in [0.15, 0.2) is 18.2 Å². The van der Waals surface area contributed by atoms with E-state index in [9.17, 15) is 14.7 Å². The van der Waals surface area contributed by atoms with Crippen LogP contribution >= 0.6 is 0 Å². The molecule has 1 atom stereocenters. The van der Waals surface area contributed by atoms with Crippen molar-refractivity contribution in [1.29, 1.82) is 0 Å². The van der Waals surface area contributed by atoms with Gasteiger partial charge in [-0.15, -0.1) is 0 Å². The summed E-state index contributed by atoms with van der Waals surface area (Å²) in [6.45, 7) is 3.16. The summed E-state index contributed by atoms with van der Waals surface area (Å²) in [6, 6.07) is 5.09. The number of carboxylic acids is 1. The van der Waals surface area contributed by atoms with E-state index in [0.717, 1.165) is 12.0 Å². The monoisotopic (exact) mass is 291 g/mol. The number of carboxylic acid groups (broad SMARTS) is 1. The number of aromatic carboxylic acids is 1. The summed E-state index contributed by atoms with van der Waals surface area (Å²) >= 11 is 0. The Morgan fingerprint density at radius 1 is 1.38 bits per heavy atom. The van der Waals surface area contributed by atoms with Crippen molar-refractivity contribution in [3.8, 4) is 0 Å². The first-order valence-electron chi connectivity index (χ1n) is 6.95. The second kappa shape index (κ2) is 6.13. The fraction of sp³-hybridized carbons (Fsp3) is 0.467. The Labute approximate surface area is 124 Å². The molecule has 1 aromatic carbocycles. The van der Waals surface area contributed by atoms with Crippen LogP contribution in [0.25, 0.3) is 0 Å². The molecule has 114 valence electrons. The van der Waals surface area contributed by atoms with Crippen LogP contribution < -0.4 is 5.32 Å². The zero-order chi connectivity index (χ0) is 15.6. The minimum atomic E-state index is -1.04. The predicted molar refractivity (Wildman–Crippen MR) is 80.8 cm³/mol. The van der Waals surface area contributed by atoms with Crippen molar-refractivity contribution in [2.24, 2.45) is 0 Å². The number of benzene rings is 1. The first kappa shape index (κ1) is 15.3. The van der Waals surface area contributed by atoms with Crippen LogP contribution in [0.5, 0.6) is 0 Å². The van der Waals surface area contributed by atoms with Gasteiger partial charge >= 0.3 is 12.0 Å². The van der Waals surface area contributed by atoms with E-state index in [1.54, 1.807) is 23.1 Å². The number of anilines is 1. The van der Waals surface area contributed by atoms with E-state index in [1.165, 1.54) is 0 Å². The molecule has 6 heteroatoms. The number of rotatable bonds is 3. The summed E-state index contributed by atoms with van der Waals surface area (Å²) in [5.74, 6) is -1.04. The average molecular weight is 291 g/mol. The lowest BCUT2D eigenvalue weighted by Crippen LogP contribution is -2.37. The van der Waals surface area contributed by atoms with Gasteiger partial charge in [-0.3, -0.25) is 0 Å². The first-order valence-corrected chi connectivity index (χ1v) is 6.95. The minimum absolute atomic E-state index is 0.117. The summed E-state index contributed by atoms with van der Waals surface area (Å²) in [5, 5.41) is 11.9. The number of hydrogen-bond acceptors (Lipinski definition) is 3. The zero-order valence-electron chi connectivity index (χ0n) is 12.6. The molecule has 2 N–H and O–H groups in total. The number of amides is 2. The molecule has 21 heavy (non-hydrogen) atoms. The van der Waals surface area contributed by atoms with Crippen molar-refractivity contribution >= 4 is 17.7 Å². The smallest absolute Gasteiger partial charge is 0.337 e. The number of hydrogen-bond donors (Lipinski definition) is 2. The summed E-state index contributed by atoms with van der Waals surface area (Å²) in [5.41, 5.74) is 1.30. The molecule has 2 amide bonds. The van der Waals surface area contributed by atoms with E-state index in [0.29, 0.717) is 24.8 Å². The molecule has 1 fully saturated rings. The topological polar surface area (TPSA) is 72.9 Å². The summed E-state index contributed by atoms with van der Waals surface area (Å²) < 4.78 is 0. The summed E-state index contributed by atoms with van der Waals surface area (Å²) in [6.07, 6.45) is 0.931. The Morgan fingerprint density at radius 3 is 2.67 bits per heavy atom. The third-order valence-corrected chi connectivity index (χ3v) is 3.83. The van der Waals surface area contributed by atoms with Gasteiger partial charge in [0.2, 0.25) is 0 Å². The predicted octanol–water partition coefficient (Wildman–Crippen LogP) is 1.86. The molecule has 1 aliphatic heterocycles. The maximum absolute atomic E-state index is 12.2. The molecule has 6 nitrogen and oxygen atoms in total. The van der Waals surface area contributed by atoms with Crippen molar-refractivity contribution in [3.63, 3.8) is 0 Å². The van der Waals surface area contributed by atoms with Crippen LogP contribution in [0, 0.1) is 6.92 Å². The van der Waals surface area contributed by atoms with Crippen molar-refractivity contribution in [2.45, 2.75) is 19.4 Å². The molecule has 2 rings (SSSR count). The van der Waals surface area contributed by atoms with Gasteiger partial charge in [0.25, 0.3) is 0 Å². The van der Waals surface area contributed by atoms with Gasteiger partial charge in [-0.2, -0.15) is 0 Å². The Morgan fingerprint density at radius 2 is 2.10 bits per heavy atom. The Bertz CT molecular complexity index is 557. The molecule has 0 bridgehead atoms. The molecule has 1 unspecified atom stereocenters. The molecule has 0 spiro atoms. The first-order chi connectivity index (χ1) is 9.88. The van der Waals surface area contributed by atoms with E-state index in [1.807, 2.05) is 21.0 Å². The van der Waals surface area contributed by atoms with Crippen molar-refractivity contribution < 1.29 is 14.7 Å². The van der Waals surface area contributed by atoms with Gasteiger partial charge in [0, 0.05) is 19.1 Å². The van der Waals surface area contributed by atoms with Gasteiger partial charge in [0.15, 0.2) is 0 Å². The fourth-order valence-corrected chi connectivity index (χ4v) is 2.49. The third kappa shape index (κ3) is 3.52. The highest BCUT2D eigenvalue weighted by atomic mass is 16.4. The van der Waals surface area contributed by atoms with Gasteiger partial charge in [0.1, 0.15) is 0 Å². The van der Waals surface area contributed by atoms with Gasteiger partial charge in [0.05, 0.1) is 11.3 Å². The molecule has 1 aliphatic rings. The van der Waals surface area contributed by atoms with Crippen molar-refractivity contribution in [2.75, 3.05) is 32.5 Å². The molecule has 1 aromatic rings. The van der Waals surface area contributed by atoms with E-state index in [2.05, 4.69) is 10.2 Å². The largest absolute Gasteiger partial charge is 0.478 e. The highest BCUT2D eigenvalue weighted by molar-refractivity contribution is 6.00. The molecular weight excluding hydrogens is 270 g/mol. The lowest BCUT2D eigenvalue weighted by atomic mass is 10.1. The maximum atomic E-state index is 12.2. The number of nitrogens with zero attached hydrogens (tertiary/aromatic N) is 2. The van der Waals surface area contributed by atoms with Crippen LogP contribution in [0.3, 0.4) is 0 Å². The lowest BCUT2D eigenvalue weighted by molar-refractivity contribution is 0.0698. The second-order valence-corrected chi connectivity index (χ2v) is 5.64. The normalized spacial score (nSPS) is 18.1. The number of likely N-dealkylation sites (tertiary alicyclic amines) is 1. The second-order valence-electron chi connectivity index (χ2n) is 5.64. The van der Waals surface area contributed by atoms with Crippen molar-refractivity contribution in [1.82, 2.24) is 9.80 Å². The summed E-state index contributed by atoms with van der Waals surface area (Å²) in [7, 11) is 3.99. The SMILES string of the molecule is Cc1ccc(NC(=O)N2CCC(N(C)C)C2)c(C(=O)O)c1. The van der Waals surface area contributed by atoms with Crippen LogP contribution in [0.2, 0.25) is 0 Å². The minimum Gasteiger partial charge on any atom is -0.478 e. The lowest BCUT2D eigenvalue weighted by Gasteiger charge is -2.21. The van der Waals surface area contributed by atoms with E-state index < -0.39 is 5.97 Å². The van der Waals surface area contributed by atoms with Crippen LogP contribution in [0.1, 0.15) is 22.3 Å². The standard InChI is InChI=1S/C15H21N3O3/c1-10-4-5-13(12(8-10)14(19)20)16-15(21)18-7-6-11(9-18)17(2)3/h4-5,8,11H,6-7,9H2,1-3H3,(H,16,21)(H,19,20). The number of likely N-dealkylation sites (N-methyl/N-ethyl adjacent to an activating group) is 1. The van der Waals surface area contributed by atoms with E-state index in [-0.39, 0.29) is 11.6 Å². The highest BCUT2D eigenvalue weighted by Crippen LogP contribution is 2.20. The number of carbonyl (C=O) groups is 2. The maximum Gasteiger partial charge on any atom is 0.337 e. The molecule has 0 radical (unpaired) electrons. The molecule has 0 saturated carbocycles. The van der Waals surface area contributed by atoms with E-state index in [4.69, 9.17) is 0 Å². The van der Waals surface area contributed by atoms with Gasteiger partial charge in [-0.1, -0.05) is 11.6 Å². The highest BCUT2D eigenvalue weighted by Gasteiger charge is 2.28. The van der Waals surface area contributed by atoms with Crippen LogP contribution in [-0.2, 0) is 0 Å². The van der Waals surface area contributed by atoms with E-state index >= 15 is 0 Å². The van der Waals surface area contributed by atoms with Gasteiger partial charge in [-0.05, 0) is 39.6 Å². The van der Waals surface area contributed by atoms with Gasteiger partial charge < -0.3 is 20.2 Å². The number of carbonyl (C=O) groups excluding carboxylic acids is 1. The Balaban J connectivity index is 2.09. The molecular formula is C15H21N3O3. The number of nitrogens with one attached hydrogen (secondary N) is 1. The van der Waals surface area contributed by atoms with Gasteiger partial charge in [-0.25, -0.2) is 9.59 Å². The molecule has 0 aromatic heterocycles. The zero-order valence-corrected chi connectivity index (χ0v) is 12.6. The fourth-order valence-electron chi connectivity index (χ4n) is 2.49. The Kier molecular flexibility index (Phi) is 4.47. The summed E-state index contributed by atoms with van der Waals surface area (Å²) in [4.78, 5) is 27.3. The third-order valence-electron chi connectivity index (χ3n) is 3.83. The average Bonchev–Trinajstić information content (AvgIpc) is 2.90. The van der Waals surface area contributed by atoms with Crippen LogP contribution in [-0.4, -0.2) is 60.1 Å². The number of aryl methyl sites for hydroxylation is 1. The molecule has 1 heterocycles. The Hall–Kier alpha value is -2.08. The molecule has 1 saturated heterocycles. The van der Waals surface area contributed by atoms with Crippen LogP contribution in [0.4, 0.5) is 10.5 Å². The quantitative estimate of drug-likeness (QED) is 0.891. The molecule has 0 aliphatic carbocycles.